The highest BCUT2D eigenvalue weighted by molar-refractivity contribution is 6.32. The lowest BCUT2D eigenvalue weighted by Crippen LogP contribution is -2.06. The summed E-state index contributed by atoms with van der Waals surface area (Å²) in [7, 11) is 1.57. The average Bonchev–Trinajstić information content (AvgIpc) is 2.29. The first-order valence-corrected chi connectivity index (χ1v) is 5.41. The van der Waals surface area contributed by atoms with Crippen molar-refractivity contribution in [2.24, 2.45) is 5.90 Å². The minimum Gasteiger partial charge on any atom is -0.495 e. The summed E-state index contributed by atoms with van der Waals surface area (Å²) in [6, 6.07) is 3.59. The molecule has 0 spiro atoms. The third-order valence-corrected chi connectivity index (χ3v) is 2.42. The predicted molar refractivity (Wildman–Crippen MR) is 63.0 cm³/mol. The molecule has 1 aromatic carbocycles. The lowest BCUT2D eigenvalue weighted by atomic mass is 10.1. The predicted octanol–water partition coefficient (Wildman–Crippen LogP) is 2.18. The van der Waals surface area contributed by atoms with Crippen molar-refractivity contribution in [2.45, 2.75) is 13.3 Å². The van der Waals surface area contributed by atoms with E-state index in [1.807, 2.05) is 13.0 Å². The second-order valence-electron chi connectivity index (χ2n) is 3.15. The molecule has 0 heterocycles. The van der Waals surface area contributed by atoms with Crippen LogP contribution in [0.4, 0.5) is 0 Å². The molecule has 1 aromatic rings. The van der Waals surface area contributed by atoms with E-state index in [1.54, 1.807) is 13.2 Å². The molecule has 0 amide bonds. The Labute approximate surface area is 100 Å². The molecule has 0 unspecified atom stereocenters. The smallest absolute Gasteiger partial charge is 0.141 e. The second kappa shape index (κ2) is 6.58. The summed E-state index contributed by atoms with van der Waals surface area (Å²) in [6.07, 6.45) is 0.648. The summed E-state index contributed by atoms with van der Waals surface area (Å²) >= 11 is 6.03. The highest BCUT2D eigenvalue weighted by Gasteiger charge is 2.10. The molecule has 4 nitrogen and oxygen atoms in total. The summed E-state index contributed by atoms with van der Waals surface area (Å²) in [5, 5.41) is 0.554. The molecule has 16 heavy (non-hydrogen) atoms. The van der Waals surface area contributed by atoms with Crippen molar-refractivity contribution in [3.63, 3.8) is 0 Å². The normalized spacial score (nSPS) is 10.2. The van der Waals surface area contributed by atoms with Crippen LogP contribution < -0.4 is 15.4 Å². The summed E-state index contributed by atoms with van der Waals surface area (Å²) in [5.41, 5.74) is 0.957. The summed E-state index contributed by atoms with van der Waals surface area (Å²) in [5.74, 6) is 6.35. The monoisotopic (exact) mass is 245 g/mol. The van der Waals surface area contributed by atoms with Crippen molar-refractivity contribution >= 4 is 11.6 Å². The van der Waals surface area contributed by atoms with Crippen LogP contribution in [0.2, 0.25) is 5.02 Å². The average molecular weight is 246 g/mol. The molecule has 0 fully saturated rings. The number of methoxy groups -OCH3 is 1. The van der Waals surface area contributed by atoms with E-state index >= 15 is 0 Å². The Kier molecular flexibility index (Phi) is 5.38. The van der Waals surface area contributed by atoms with Gasteiger partial charge in [0.15, 0.2) is 0 Å². The van der Waals surface area contributed by atoms with Crippen LogP contribution >= 0.6 is 11.6 Å². The first-order valence-electron chi connectivity index (χ1n) is 5.03. The van der Waals surface area contributed by atoms with E-state index in [0.717, 1.165) is 11.3 Å². The fourth-order valence-electron chi connectivity index (χ4n) is 1.39. The molecule has 0 saturated carbocycles. The molecule has 0 radical (unpaired) electrons. The zero-order valence-corrected chi connectivity index (χ0v) is 10.2. The van der Waals surface area contributed by atoms with Crippen LogP contribution in [0.15, 0.2) is 12.1 Å². The number of nitrogens with two attached hydrogens (primary N) is 1. The third kappa shape index (κ3) is 3.27. The van der Waals surface area contributed by atoms with Gasteiger partial charge in [-0.1, -0.05) is 11.6 Å². The molecule has 0 aliphatic rings. The first-order chi connectivity index (χ1) is 7.72. The van der Waals surface area contributed by atoms with E-state index in [9.17, 15) is 0 Å². The Balaban J connectivity index is 2.98. The highest BCUT2D eigenvalue weighted by Crippen LogP contribution is 2.32. The van der Waals surface area contributed by atoms with E-state index in [2.05, 4.69) is 4.84 Å². The molecule has 0 aliphatic heterocycles. The van der Waals surface area contributed by atoms with Gasteiger partial charge in [-0.2, -0.15) is 0 Å². The van der Waals surface area contributed by atoms with E-state index in [0.29, 0.717) is 30.4 Å². The molecule has 0 atom stereocenters. The van der Waals surface area contributed by atoms with Gasteiger partial charge in [0.25, 0.3) is 0 Å². The largest absolute Gasteiger partial charge is 0.495 e. The summed E-state index contributed by atoms with van der Waals surface area (Å²) in [6.45, 7) is 2.92. The molecular weight excluding hydrogens is 230 g/mol. The van der Waals surface area contributed by atoms with Gasteiger partial charge in [-0.15, -0.1) is 0 Å². The SMILES string of the molecule is CCOc1cc(OC)c(Cl)cc1CCON. The summed E-state index contributed by atoms with van der Waals surface area (Å²) in [4.78, 5) is 4.55. The number of halogens is 1. The lowest BCUT2D eigenvalue weighted by Gasteiger charge is -2.12. The minimum absolute atomic E-state index is 0.419. The Bertz CT molecular complexity index is 344. The van der Waals surface area contributed by atoms with Crippen LogP contribution in [-0.4, -0.2) is 20.3 Å². The maximum Gasteiger partial charge on any atom is 0.141 e. The Hall–Kier alpha value is -0.970. The van der Waals surface area contributed by atoms with E-state index in [-0.39, 0.29) is 0 Å². The highest BCUT2D eigenvalue weighted by atomic mass is 35.5. The van der Waals surface area contributed by atoms with E-state index in [4.69, 9.17) is 27.0 Å². The zero-order valence-electron chi connectivity index (χ0n) is 9.46. The van der Waals surface area contributed by atoms with E-state index in [1.165, 1.54) is 0 Å². The first kappa shape index (κ1) is 13.1. The number of ether oxygens (including phenoxy) is 2. The quantitative estimate of drug-likeness (QED) is 0.781. The van der Waals surface area contributed by atoms with Gasteiger partial charge in [0.1, 0.15) is 11.5 Å². The van der Waals surface area contributed by atoms with Crippen molar-refractivity contribution in [1.29, 1.82) is 0 Å². The topological polar surface area (TPSA) is 53.7 Å². The summed E-state index contributed by atoms with van der Waals surface area (Å²) < 4.78 is 10.6. The van der Waals surface area contributed by atoms with Gasteiger partial charge in [0.2, 0.25) is 0 Å². The maximum atomic E-state index is 6.03. The van der Waals surface area contributed by atoms with Crippen molar-refractivity contribution in [2.75, 3.05) is 20.3 Å². The molecular formula is C11H16ClNO3. The van der Waals surface area contributed by atoms with Gasteiger partial charge >= 0.3 is 0 Å². The molecule has 1 rings (SSSR count). The van der Waals surface area contributed by atoms with Crippen molar-refractivity contribution in [1.82, 2.24) is 0 Å². The van der Waals surface area contributed by atoms with Crippen LogP contribution in [0.1, 0.15) is 12.5 Å². The van der Waals surface area contributed by atoms with Crippen molar-refractivity contribution in [3.8, 4) is 11.5 Å². The molecule has 0 aromatic heterocycles. The molecule has 90 valence electrons. The standard InChI is InChI=1S/C11H16ClNO3/c1-3-15-10-7-11(14-2)9(12)6-8(10)4-5-16-13/h6-7H,3-5,13H2,1-2H3. The van der Waals surface area contributed by atoms with Crippen LogP contribution in [0.5, 0.6) is 11.5 Å². The lowest BCUT2D eigenvalue weighted by molar-refractivity contribution is 0.140. The van der Waals surface area contributed by atoms with Gasteiger partial charge in [0, 0.05) is 12.5 Å². The number of hydrogen-bond donors (Lipinski definition) is 1. The molecule has 0 bridgehead atoms. The Morgan fingerprint density at radius 1 is 1.31 bits per heavy atom. The van der Waals surface area contributed by atoms with Crippen LogP contribution in [0.3, 0.4) is 0 Å². The van der Waals surface area contributed by atoms with Crippen molar-refractivity contribution in [3.05, 3.63) is 22.7 Å². The zero-order chi connectivity index (χ0) is 12.0. The van der Waals surface area contributed by atoms with Gasteiger partial charge in [-0.25, -0.2) is 5.90 Å². The maximum absolute atomic E-state index is 6.03. The molecule has 0 aliphatic carbocycles. The molecule has 0 saturated heterocycles. The second-order valence-corrected chi connectivity index (χ2v) is 3.56. The molecule has 2 N–H and O–H groups in total. The van der Waals surface area contributed by atoms with Crippen LogP contribution in [-0.2, 0) is 11.3 Å². The van der Waals surface area contributed by atoms with Gasteiger partial charge in [-0.05, 0) is 18.6 Å². The molecule has 5 heteroatoms. The Morgan fingerprint density at radius 3 is 2.62 bits per heavy atom. The van der Waals surface area contributed by atoms with E-state index < -0.39 is 0 Å². The third-order valence-electron chi connectivity index (χ3n) is 2.12. The van der Waals surface area contributed by atoms with Crippen LogP contribution in [0.25, 0.3) is 0 Å². The van der Waals surface area contributed by atoms with Crippen LogP contribution in [0, 0.1) is 0 Å². The fourth-order valence-corrected chi connectivity index (χ4v) is 1.65. The van der Waals surface area contributed by atoms with Gasteiger partial charge < -0.3 is 14.3 Å². The number of rotatable bonds is 6. The Morgan fingerprint density at radius 2 is 2.06 bits per heavy atom. The fraction of sp³-hybridized carbons (Fsp3) is 0.455. The van der Waals surface area contributed by atoms with Gasteiger partial charge in [-0.3, -0.25) is 0 Å². The van der Waals surface area contributed by atoms with Gasteiger partial charge in [0.05, 0.1) is 25.3 Å². The number of hydrogen-bond acceptors (Lipinski definition) is 4. The minimum atomic E-state index is 0.419. The number of benzene rings is 1. The van der Waals surface area contributed by atoms with Crippen molar-refractivity contribution < 1.29 is 14.3 Å².